The van der Waals surface area contributed by atoms with Crippen LogP contribution in [0.1, 0.15) is 17.6 Å². The zero-order valence-corrected chi connectivity index (χ0v) is 12.1. The molecule has 0 saturated heterocycles. The van der Waals surface area contributed by atoms with Crippen LogP contribution in [0.4, 0.5) is 0 Å². The van der Waals surface area contributed by atoms with Gasteiger partial charge in [0.1, 0.15) is 5.01 Å². The van der Waals surface area contributed by atoms with Gasteiger partial charge in [0.05, 0.1) is 12.3 Å². The largest absolute Gasteiger partial charge is 0.383 e. The molecule has 4 nitrogen and oxygen atoms in total. The summed E-state index contributed by atoms with van der Waals surface area (Å²) in [6, 6.07) is 0. The zero-order valence-electron chi connectivity index (χ0n) is 11.3. The number of hydrogen-bond donors (Lipinski definition) is 1. The first-order chi connectivity index (χ1) is 8.80. The number of thiazole rings is 1. The maximum atomic E-state index is 5.11. The lowest BCUT2D eigenvalue weighted by Crippen LogP contribution is -2.27. The Balaban J connectivity index is 2.46. The van der Waals surface area contributed by atoms with Gasteiger partial charge in [-0.2, -0.15) is 0 Å². The Labute approximate surface area is 114 Å². The number of nitrogens with zero attached hydrogens (tertiary/aromatic N) is 2. The van der Waals surface area contributed by atoms with Gasteiger partial charge in [-0.1, -0.05) is 13.0 Å². The number of nitrogens with one attached hydrogen (secondary N) is 1. The second-order valence-corrected chi connectivity index (χ2v) is 4.97. The molecule has 1 N–H and O–H groups in total. The highest BCUT2D eigenvalue weighted by atomic mass is 32.1. The third kappa shape index (κ3) is 5.73. The summed E-state index contributed by atoms with van der Waals surface area (Å²) in [6.45, 7) is 11.1. The van der Waals surface area contributed by atoms with E-state index in [1.54, 1.807) is 18.4 Å². The molecule has 0 aliphatic rings. The Morgan fingerprint density at radius 2 is 2.44 bits per heavy atom. The standard InChI is InChI=1S/C13H23N3OS/c1-4-6-16(7-8-17-3)10-12-11-18-13(15-12)9-14-5-2/h4,11,14H,1,5-10H2,2-3H3. The molecule has 0 bridgehead atoms. The van der Waals surface area contributed by atoms with Gasteiger partial charge in [-0.3, -0.25) is 4.90 Å². The average molecular weight is 269 g/mol. The molecule has 0 fully saturated rings. The lowest BCUT2D eigenvalue weighted by Gasteiger charge is -2.18. The molecule has 0 aliphatic carbocycles. The van der Waals surface area contributed by atoms with Crippen molar-refractivity contribution in [3.8, 4) is 0 Å². The topological polar surface area (TPSA) is 37.4 Å². The molecular formula is C13H23N3OS. The quantitative estimate of drug-likeness (QED) is 0.658. The van der Waals surface area contributed by atoms with Gasteiger partial charge >= 0.3 is 0 Å². The molecule has 0 aliphatic heterocycles. The number of ether oxygens (including phenoxy) is 1. The van der Waals surface area contributed by atoms with Crippen molar-refractivity contribution in [2.24, 2.45) is 0 Å². The van der Waals surface area contributed by atoms with E-state index in [0.29, 0.717) is 0 Å². The Bertz CT molecular complexity index is 341. The SMILES string of the molecule is C=CCN(CCOC)Cc1csc(CNCC)n1. The van der Waals surface area contributed by atoms with E-state index in [1.807, 2.05) is 6.08 Å². The average Bonchev–Trinajstić information content (AvgIpc) is 2.81. The number of hydrogen-bond acceptors (Lipinski definition) is 5. The van der Waals surface area contributed by atoms with Crippen LogP contribution in [0.3, 0.4) is 0 Å². The maximum Gasteiger partial charge on any atom is 0.107 e. The lowest BCUT2D eigenvalue weighted by molar-refractivity contribution is 0.150. The molecule has 18 heavy (non-hydrogen) atoms. The van der Waals surface area contributed by atoms with Crippen LogP contribution in [0.15, 0.2) is 18.0 Å². The van der Waals surface area contributed by atoms with E-state index in [2.05, 4.69) is 34.1 Å². The molecule has 1 heterocycles. The van der Waals surface area contributed by atoms with Crippen LogP contribution in [0.2, 0.25) is 0 Å². The lowest BCUT2D eigenvalue weighted by atomic mass is 10.4. The smallest absolute Gasteiger partial charge is 0.107 e. The summed E-state index contributed by atoms with van der Waals surface area (Å²) >= 11 is 1.72. The fraction of sp³-hybridized carbons (Fsp3) is 0.615. The fourth-order valence-corrected chi connectivity index (χ4v) is 2.36. The second kappa shape index (κ2) is 9.22. The minimum Gasteiger partial charge on any atom is -0.383 e. The number of methoxy groups -OCH3 is 1. The van der Waals surface area contributed by atoms with E-state index < -0.39 is 0 Å². The van der Waals surface area contributed by atoms with Crippen molar-refractivity contribution in [1.29, 1.82) is 0 Å². The summed E-state index contributed by atoms with van der Waals surface area (Å²) in [4.78, 5) is 6.90. The van der Waals surface area contributed by atoms with E-state index in [0.717, 1.165) is 50.0 Å². The molecule has 0 radical (unpaired) electrons. The van der Waals surface area contributed by atoms with Crippen LogP contribution in [-0.4, -0.2) is 43.2 Å². The number of aromatic nitrogens is 1. The van der Waals surface area contributed by atoms with Crippen LogP contribution in [0.5, 0.6) is 0 Å². The third-order valence-electron chi connectivity index (χ3n) is 2.51. The van der Waals surface area contributed by atoms with Crippen LogP contribution in [0, 0.1) is 0 Å². The van der Waals surface area contributed by atoms with Crippen LogP contribution in [-0.2, 0) is 17.8 Å². The summed E-state index contributed by atoms with van der Waals surface area (Å²) in [5, 5.41) is 6.57. The van der Waals surface area contributed by atoms with Gasteiger partial charge in [-0.15, -0.1) is 17.9 Å². The second-order valence-electron chi connectivity index (χ2n) is 4.03. The Hall–Kier alpha value is -0.750. The minimum atomic E-state index is 0.738. The first-order valence-corrected chi connectivity index (χ1v) is 7.14. The predicted molar refractivity (Wildman–Crippen MR) is 76.8 cm³/mol. The molecule has 0 unspecified atom stereocenters. The van der Waals surface area contributed by atoms with E-state index in [9.17, 15) is 0 Å². The molecule has 0 aromatic carbocycles. The van der Waals surface area contributed by atoms with Gasteiger partial charge in [0.25, 0.3) is 0 Å². The first-order valence-electron chi connectivity index (χ1n) is 6.26. The molecule has 0 amide bonds. The summed E-state index contributed by atoms with van der Waals surface area (Å²) in [6.07, 6.45) is 1.92. The normalized spacial score (nSPS) is 11.1. The van der Waals surface area contributed by atoms with Gasteiger partial charge < -0.3 is 10.1 Å². The molecule has 0 atom stereocenters. The monoisotopic (exact) mass is 269 g/mol. The van der Waals surface area contributed by atoms with Crippen LogP contribution in [0.25, 0.3) is 0 Å². The molecule has 0 spiro atoms. The van der Waals surface area contributed by atoms with Gasteiger partial charge in [-0.25, -0.2) is 4.98 Å². The molecule has 1 aromatic rings. The summed E-state index contributed by atoms with van der Waals surface area (Å²) in [7, 11) is 1.73. The zero-order chi connectivity index (χ0) is 13.2. The van der Waals surface area contributed by atoms with Crippen molar-refractivity contribution < 1.29 is 4.74 Å². The third-order valence-corrected chi connectivity index (χ3v) is 3.41. The van der Waals surface area contributed by atoms with Crippen LogP contribution >= 0.6 is 11.3 Å². The molecular weight excluding hydrogens is 246 g/mol. The number of rotatable bonds is 10. The highest BCUT2D eigenvalue weighted by Gasteiger charge is 2.07. The molecule has 1 rings (SSSR count). The maximum absolute atomic E-state index is 5.11. The van der Waals surface area contributed by atoms with Crippen molar-refractivity contribution >= 4 is 11.3 Å². The summed E-state index contributed by atoms with van der Waals surface area (Å²) < 4.78 is 5.11. The fourth-order valence-electron chi connectivity index (χ4n) is 1.60. The van der Waals surface area contributed by atoms with E-state index in [4.69, 9.17) is 4.74 Å². The summed E-state index contributed by atoms with van der Waals surface area (Å²) in [5.74, 6) is 0. The van der Waals surface area contributed by atoms with Crippen LogP contribution < -0.4 is 5.32 Å². The van der Waals surface area contributed by atoms with E-state index >= 15 is 0 Å². The van der Waals surface area contributed by atoms with Crippen molar-refractivity contribution in [2.75, 3.05) is 33.4 Å². The molecule has 1 aromatic heterocycles. The Morgan fingerprint density at radius 3 is 3.11 bits per heavy atom. The van der Waals surface area contributed by atoms with Gasteiger partial charge in [0, 0.05) is 38.7 Å². The van der Waals surface area contributed by atoms with Crippen molar-refractivity contribution in [3.63, 3.8) is 0 Å². The van der Waals surface area contributed by atoms with Crippen molar-refractivity contribution in [3.05, 3.63) is 28.7 Å². The van der Waals surface area contributed by atoms with E-state index in [1.165, 1.54) is 0 Å². The summed E-state index contributed by atoms with van der Waals surface area (Å²) in [5.41, 5.74) is 1.13. The van der Waals surface area contributed by atoms with E-state index in [-0.39, 0.29) is 0 Å². The molecule has 0 saturated carbocycles. The highest BCUT2D eigenvalue weighted by Crippen LogP contribution is 2.11. The highest BCUT2D eigenvalue weighted by molar-refractivity contribution is 7.09. The van der Waals surface area contributed by atoms with Crippen molar-refractivity contribution in [2.45, 2.75) is 20.0 Å². The van der Waals surface area contributed by atoms with Gasteiger partial charge in [0.15, 0.2) is 0 Å². The first kappa shape index (κ1) is 15.3. The van der Waals surface area contributed by atoms with Crippen molar-refractivity contribution in [1.82, 2.24) is 15.2 Å². The Morgan fingerprint density at radius 1 is 1.61 bits per heavy atom. The predicted octanol–water partition coefficient (Wildman–Crippen LogP) is 1.89. The van der Waals surface area contributed by atoms with Gasteiger partial charge in [0.2, 0.25) is 0 Å². The van der Waals surface area contributed by atoms with Gasteiger partial charge in [-0.05, 0) is 6.54 Å². The minimum absolute atomic E-state index is 0.738. The molecule has 102 valence electrons. The Kier molecular flexibility index (Phi) is 7.84. The molecule has 5 heteroatoms.